The lowest BCUT2D eigenvalue weighted by Crippen LogP contribution is -2.39. The van der Waals surface area contributed by atoms with Crippen LogP contribution in [-0.2, 0) is 22.5 Å². The highest BCUT2D eigenvalue weighted by molar-refractivity contribution is 7.14. The van der Waals surface area contributed by atoms with Crippen molar-refractivity contribution < 1.29 is 29.0 Å². The summed E-state index contributed by atoms with van der Waals surface area (Å²) in [6.45, 7) is 8.27. The van der Waals surface area contributed by atoms with E-state index in [9.17, 15) is 14.4 Å². The first-order chi connectivity index (χ1) is 18.0. The molecule has 0 fully saturated rings. The van der Waals surface area contributed by atoms with E-state index in [4.69, 9.17) is 14.6 Å². The molecule has 4 rings (SSSR count). The minimum Gasteiger partial charge on any atom is -0.479 e. The maximum absolute atomic E-state index is 13.1. The predicted molar refractivity (Wildman–Crippen MR) is 142 cm³/mol. The van der Waals surface area contributed by atoms with Crippen molar-refractivity contribution in [1.29, 1.82) is 0 Å². The summed E-state index contributed by atoms with van der Waals surface area (Å²) in [6, 6.07) is 8.73. The van der Waals surface area contributed by atoms with E-state index in [0.717, 1.165) is 16.0 Å². The van der Waals surface area contributed by atoms with Gasteiger partial charge in [0, 0.05) is 30.4 Å². The summed E-state index contributed by atoms with van der Waals surface area (Å²) >= 11 is 1.45. The summed E-state index contributed by atoms with van der Waals surface area (Å²) in [7, 11) is 0. The topological polar surface area (TPSA) is 123 Å². The Hall–Kier alpha value is -3.86. The van der Waals surface area contributed by atoms with Crippen LogP contribution in [0.15, 0.2) is 49.1 Å². The number of thiophene rings is 1. The quantitative estimate of drug-likeness (QED) is 0.441. The average Bonchev–Trinajstić information content (AvgIpc) is 3.53. The second kappa shape index (κ2) is 11.3. The van der Waals surface area contributed by atoms with Crippen LogP contribution in [0.2, 0.25) is 0 Å². The highest BCUT2D eigenvalue weighted by atomic mass is 32.1. The van der Waals surface area contributed by atoms with Crippen molar-refractivity contribution in [1.82, 2.24) is 19.8 Å². The van der Waals surface area contributed by atoms with E-state index >= 15 is 0 Å². The van der Waals surface area contributed by atoms with E-state index in [1.807, 2.05) is 49.7 Å². The molecule has 0 aliphatic carbocycles. The molecule has 1 aliphatic heterocycles. The van der Waals surface area contributed by atoms with Gasteiger partial charge in [0.2, 0.25) is 0 Å². The van der Waals surface area contributed by atoms with E-state index in [2.05, 4.69) is 10.3 Å². The van der Waals surface area contributed by atoms with Gasteiger partial charge in [-0.05, 0) is 63.4 Å². The third kappa shape index (κ3) is 6.71. The Labute approximate surface area is 225 Å². The molecule has 1 aliphatic rings. The maximum Gasteiger partial charge on any atom is 0.410 e. The van der Waals surface area contributed by atoms with Crippen LogP contribution in [0.4, 0.5) is 4.79 Å². The van der Waals surface area contributed by atoms with E-state index in [-0.39, 0.29) is 18.0 Å². The van der Waals surface area contributed by atoms with E-state index < -0.39 is 17.7 Å². The van der Waals surface area contributed by atoms with Crippen molar-refractivity contribution >= 4 is 29.3 Å². The molecule has 38 heavy (non-hydrogen) atoms. The maximum atomic E-state index is 13.1. The van der Waals surface area contributed by atoms with Crippen LogP contribution in [0.5, 0.6) is 5.75 Å². The summed E-state index contributed by atoms with van der Waals surface area (Å²) in [5.41, 5.74) is 1.30. The van der Waals surface area contributed by atoms with Crippen LogP contribution in [0, 0.1) is 0 Å². The number of rotatable bonds is 8. The first-order valence-corrected chi connectivity index (χ1v) is 13.2. The van der Waals surface area contributed by atoms with Crippen LogP contribution in [0.3, 0.4) is 0 Å². The number of carbonyl (C=O) groups is 3. The van der Waals surface area contributed by atoms with Crippen molar-refractivity contribution in [2.75, 3.05) is 13.1 Å². The van der Waals surface area contributed by atoms with Crippen molar-refractivity contribution in [2.45, 2.75) is 58.4 Å². The summed E-state index contributed by atoms with van der Waals surface area (Å²) in [5, 5.41) is 12.1. The summed E-state index contributed by atoms with van der Waals surface area (Å²) in [6.07, 6.45) is 4.55. The number of hydrogen-bond acceptors (Lipinski definition) is 7. The van der Waals surface area contributed by atoms with Gasteiger partial charge in [0.25, 0.3) is 5.91 Å². The fraction of sp³-hybridized carbons (Fsp3) is 0.407. The Morgan fingerprint density at radius 2 is 1.95 bits per heavy atom. The number of benzene rings is 1. The number of nitrogens with zero attached hydrogens (tertiary/aromatic N) is 3. The largest absolute Gasteiger partial charge is 0.479 e. The third-order valence-electron chi connectivity index (χ3n) is 6.01. The Morgan fingerprint density at radius 1 is 1.21 bits per heavy atom. The molecule has 2 unspecified atom stereocenters. The van der Waals surface area contributed by atoms with Gasteiger partial charge in [-0.2, -0.15) is 0 Å². The van der Waals surface area contributed by atoms with Gasteiger partial charge in [-0.1, -0.05) is 12.1 Å². The van der Waals surface area contributed by atoms with Crippen molar-refractivity contribution in [3.05, 3.63) is 69.9 Å². The lowest BCUT2D eigenvalue weighted by atomic mass is 10.1. The molecular weight excluding hydrogens is 508 g/mol. The van der Waals surface area contributed by atoms with Crippen LogP contribution in [0.25, 0.3) is 0 Å². The van der Waals surface area contributed by atoms with Crippen molar-refractivity contribution in [2.24, 2.45) is 0 Å². The normalized spacial score (nSPS) is 14.8. The van der Waals surface area contributed by atoms with Gasteiger partial charge in [0.05, 0.1) is 23.8 Å². The molecule has 2 atom stereocenters. The average molecular weight is 541 g/mol. The highest BCUT2D eigenvalue weighted by Gasteiger charge is 2.28. The summed E-state index contributed by atoms with van der Waals surface area (Å²) in [4.78, 5) is 44.1. The molecule has 0 radical (unpaired) electrons. The van der Waals surface area contributed by atoms with Crippen LogP contribution in [0.1, 0.15) is 59.4 Å². The molecule has 0 saturated heterocycles. The van der Waals surface area contributed by atoms with Gasteiger partial charge in [-0.3, -0.25) is 4.79 Å². The second-order valence-electron chi connectivity index (χ2n) is 10.1. The molecule has 2 amide bonds. The van der Waals surface area contributed by atoms with Gasteiger partial charge in [0.1, 0.15) is 11.4 Å². The first-order valence-electron chi connectivity index (χ1n) is 12.3. The number of nitrogens with one attached hydrogen (secondary N) is 1. The monoisotopic (exact) mass is 540 g/mol. The molecular formula is C27H32N4O6S. The smallest absolute Gasteiger partial charge is 0.410 e. The zero-order valence-electron chi connectivity index (χ0n) is 21.8. The standard InChI is InChI=1S/C27H32N4O6S/c1-17(25(33)34)36-20-7-5-18(6-8-20)21(31-12-10-28-16-31)14-29-24(32)23-13-19-15-30(11-9-22(19)38-23)26(35)37-27(2,3)4/h5-8,10,12-13,16-17,21H,9,11,14-15H2,1-4H3,(H,29,32)(H,33,34). The number of carbonyl (C=O) groups excluding carboxylic acids is 2. The van der Waals surface area contributed by atoms with Crippen LogP contribution in [-0.4, -0.2) is 62.3 Å². The Balaban J connectivity index is 1.42. The molecule has 2 N–H and O–H groups in total. The number of aromatic nitrogens is 2. The minimum absolute atomic E-state index is 0.187. The molecule has 0 spiro atoms. The predicted octanol–water partition coefficient (Wildman–Crippen LogP) is 4.11. The molecule has 0 bridgehead atoms. The number of fused-ring (bicyclic) bond motifs is 1. The van der Waals surface area contributed by atoms with Gasteiger partial charge in [0.15, 0.2) is 6.10 Å². The van der Waals surface area contributed by atoms with Gasteiger partial charge < -0.3 is 29.4 Å². The molecule has 3 aromatic rings. The fourth-order valence-corrected chi connectivity index (χ4v) is 5.16. The first kappa shape index (κ1) is 27.2. The minimum atomic E-state index is -1.04. The Kier molecular flexibility index (Phi) is 8.05. The summed E-state index contributed by atoms with van der Waals surface area (Å²) in [5.74, 6) is -0.781. The van der Waals surface area contributed by atoms with Crippen LogP contribution >= 0.6 is 11.3 Å². The highest BCUT2D eigenvalue weighted by Crippen LogP contribution is 2.29. The van der Waals surface area contributed by atoms with E-state index in [1.165, 1.54) is 18.3 Å². The molecule has 3 heterocycles. The molecule has 0 saturated carbocycles. The van der Waals surface area contributed by atoms with E-state index in [1.54, 1.807) is 29.6 Å². The molecule has 10 nitrogen and oxygen atoms in total. The van der Waals surface area contributed by atoms with E-state index in [0.29, 0.717) is 36.7 Å². The fourth-order valence-electron chi connectivity index (χ4n) is 4.08. The number of aliphatic carboxylic acids is 1. The number of amides is 2. The molecule has 202 valence electrons. The molecule has 2 aromatic heterocycles. The lowest BCUT2D eigenvalue weighted by Gasteiger charge is -2.29. The molecule has 1 aromatic carbocycles. The lowest BCUT2D eigenvalue weighted by molar-refractivity contribution is -0.144. The zero-order chi connectivity index (χ0) is 27.4. The van der Waals surface area contributed by atoms with Gasteiger partial charge in [-0.25, -0.2) is 14.6 Å². The Morgan fingerprint density at radius 3 is 2.58 bits per heavy atom. The number of carboxylic acid groups (broad SMARTS) is 1. The number of hydrogen-bond donors (Lipinski definition) is 2. The second-order valence-corrected chi connectivity index (χ2v) is 11.3. The number of ether oxygens (including phenoxy) is 2. The SMILES string of the molecule is CC(Oc1ccc(C(CNC(=O)c2cc3c(s2)CCN(C(=O)OC(C)(C)C)C3)n2ccnc2)cc1)C(=O)O. The molecule has 11 heteroatoms. The van der Waals surface area contributed by atoms with Crippen LogP contribution < -0.4 is 10.1 Å². The Bertz CT molecular complexity index is 1280. The number of imidazole rings is 1. The van der Waals surface area contributed by atoms with Gasteiger partial charge >= 0.3 is 12.1 Å². The zero-order valence-corrected chi connectivity index (χ0v) is 22.7. The number of carboxylic acids is 1. The van der Waals surface area contributed by atoms with Gasteiger partial charge in [-0.15, -0.1) is 11.3 Å². The third-order valence-corrected chi connectivity index (χ3v) is 7.24. The van der Waals surface area contributed by atoms with Crippen molar-refractivity contribution in [3.8, 4) is 5.75 Å². The summed E-state index contributed by atoms with van der Waals surface area (Å²) < 4.78 is 12.8. The van der Waals surface area contributed by atoms with Crippen molar-refractivity contribution in [3.63, 3.8) is 0 Å².